The highest BCUT2D eigenvalue weighted by molar-refractivity contribution is 7.89. The van der Waals surface area contributed by atoms with E-state index in [4.69, 9.17) is 27.9 Å². The van der Waals surface area contributed by atoms with Gasteiger partial charge in [-0.15, -0.1) is 0 Å². The quantitative estimate of drug-likeness (QED) is 0.595. The van der Waals surface area contributed by atoms with E-state index in [9.17, 15) is 26.4 Å². The monoisotopic (exact) mass is 484 g/mol. The Kier molecular flexibility index (Phi) is 7.62. The maximum atomic E-state index is 13.0. The van der Waals surface area contributed by atoms with Crippen LogP contribution in [0.15, 0.2) is 41.3 Å². The van der Waals surface area contributed by atoms with Crippen molar-refractivity contribution < 1.29 is 31.1 Å². The molecule has 0 bridgehead atoms. The van der Waals surface area contributed by atoms with Crippen LogP contribution in [-0.2, 0) is 21.0 Å². The number of anilines is 1. The molecule has 0 aliphatic rings. The SMILES string of the molecule is CCOc1ccc(Cl)cc1S(=O)(=O)NC(C)C(=O)Nc1ccc(Cl)c(C(F)(F)F)c1. The number of carbonyl (C=O) groups is 1. The van der Waals surface area contributed by atoms with E-state index in [-0.39, 0.29) is 28.0 Å². The lowest BCUT2D eigenvalue weighted by Gasteiger charge is -2.17. The molecule has 1 amide bonds. The summed E-state index contributed by atoms with van der Waals surface area (Å²) in [6, 6.07) is 5.46. The summed E-state index contributed by atoms with van der Waals surface area (Å²) < 4.78 is 71.7. The first-order chi connectivity index (χ1) is 13.8. The second kappa shape index (κ2) is 9.42. The molecule has 1 atom stereocenters. The number of sulfonamides is 1. The van der Waals surface area contributed by atoms with Crippen LogP contribution in [0, 0.1) is 0 Å². The summed E-state index contributed by atoms with van der Waals surface area (Å²) in [7, 11) is -4.23. The number of alkyl halides is 3. The number of benzene rings is 2. The lowest BCUT2D eigenvalue weighted by Crippen LogP contribution is -2.41. The van der Waals surface area contributed by atoms with Crippen LogP contribution in [0.1, 0.15) is 19.4 Å². The van der Waals surface area contributed by atoms with Crippen LogP contribution >= 0.6 is 23.2 Å². The Balaban J connectivity index is 2.21. The van der Waals surface area contributed by atoms with Crippen molar-refractivity contribution in [2.24, 2.45) is 0 Å². The molecule has 0 aliphatic heterocycles. The standard InChI is InChI=1S/C18H17Cl2F3N2O4S/c1-3-29-15-7-4-11(19)8-16(15)30(27,28)25-10(2)17(26)24-12-5-6-14(20)13(9-12)18(21,22)23/h4-10,25H,3H2,1-2H3,(H,24,26). The normalized spacial score (nSPS) is 13.0. The molecule has 0 aromatic heterocycles. The van der Waals surface area contributed by atoms with Gasteiger partial charge in [0.05, 0.1) is 23.2 Å². The molecule has 0 aliphatic carbocycles. The van der Waals surface area contributed by atoms with Crippen LogP contribution in [0.25, 0.3) is 0 Å². The van der Waals surface area contributed by atoms with Gasteiger partial charge in [-0.05, 0) is 50.2 Å². The highest BCUT2D eigenvalue weighted by atomic mass is 35.5. The van der Waals surface area contributed by atoms with E-state index in [1.807, 2.05) is 0 Å². The van der Waals surface area contributed by atoms with E-state index in [2.05, 4.69) is 10.0 Å². The first-order valence-electron chi connectivity index (χ1n) is 8.47. The van der Waals surface area contributed by atoms with E-state index >= 15 is 0 Å². The van der Waals surface area contributed by atoms with E-state index < -0.39 is 38.7 Å². The van der Waals surface area contributed by atoms with Crippen LogP contribution in [0.4, 0.5) is 18.9 Å². The van der Waals surface area contributed by atoms with Gasteiger partial charge < -0.3 is 10.1 Å². The average molecular weight is 485 g/mol. The van der Waals surface area contributed by atoms with E-state index in [0.29, 0.717) is 6.07 Å². The minimum Gasteiger partial charge on any atom is -0.492 e. The Bertz CT molecular complexity index is 1050. The maximum Gasteiger partial charge on any atom is 0.417 e. The van der Waals surface area contributed by atoms with Gasteiger partial charge in [-0.2, -0.15) is 17.9 Å². The van der Waals surface area contributed by atoms with E-state index in [0.717, 1.165) is 12.1 Å². The summed E-state index contributed by atoms with van der Waals surface area (Å²) in [5, 5.41) is 1.83. The number of amides is 1. The summed E-state index contributed by atoms with van der Waals surface area (Å²) in [5.74, 6) is -0.844. The molecule has 164 valence electrons. The summed E-state index contributed by atoms with van der Waals surface area (Å²) >= 11 is 11.4. The van der Waals surface area contributed by atoms with Crippen molar-refractivity contribution in [1.82, 2.24) is 4.72 Å². The van der Waals surface area contributed by atoms with Crippen molar-refractivity contribution in [2.75, 3.05) is 11.9 Å². The van der Waals surface area contributed by atoms with Gasteiger partial charge in [0.15, 0.2) is 0 Å². The Morgan fingerprint density at radius 3 is 2.43 bits per heavy atom. The van der Waals surface area contributed by atoms with Crippen molar-refractivity contribution >= 4 is 44.8 Å². The fourth-order valence-corrected chi connectivity index (χ4v) is 4.22. The summed E-state index contributed by atoms with van der Waals surface area (Å²) in [6.07, 6.45) is -4.71. The maximum absolute atomic E-state index is 13.0. The third kappa shape index (κ3) is 6.00. The molecule has 2 N–H and O–H groups in total. The summed E-state index contributed by atoms with van der Waals surface area (Å²) in [6.45, 7) is 3.09. The van der Waals surface area contributed by atoms with Gasteiger partial charge in [-0.3, -0.25) is 4.79 Å². The molecule has 2 aromatic rings. The van der Waals surface area contributed by atoms with E-state index in [1.54, 1.807) is 6.92 Å². The third-order valence-electron chi connectivity index (χ3n) is 3.76. The van der Waals surface area contributed by atoms with Crippen molar-refractivity contribution in [3.8, 4) is 5.75 Å². The Morgan fingerprint density at radius 2 is 1.83 bits per heavy atom. The highest BCUT2D eigenvalue weighted by Gasteiger charge is 2.33. The van der Waals surface area contributed by atoms with Gasteiger partial charge in [-0.1, -0.05) is 23.2 Å². The topological polar surface area (TPSA) is 84.5 Å². The van der Waals surface area contributed by atoms with Gasteiger partial charge >= 0.3 is 6.18 Å². The van der Waals surface area contributed by atoms with Crippen molar-refractivity contribution in [1.29, 1.82) is 0 Å². The minimum absolute atomic E-state index is 0.0366. The molecule has 0 spiro atoms. The number of carbonyl (C=O) groups excluding carboxylic acids is 1. The Morgan fingerprint density at radius 1 is 1.17 bits per heavy atom. The molecule has 30 heavy (non-hydrogen) atoms. The minimum atomic E-state index is -4.71. The number of hydrogen-bond donors (Lipinski definition) is 2. The first-order valence-corrected chi connectivity index (χ1v) is 10.7. The second-order valence-electron chi connectivity index (χ2n) is 6.05. The molecular formula is C18H17Cl2F3N2O4S. The lowest BCUT2D eigenvalue weighted by atomic mass is 10.2. The molecule has 2 aromatic carbocycles. The molecule has 6 nitrogen and oxygen atoms in total. The van der Waals surface area contributed by atoms with Gasteiger partial charge in [0.1, 0.15) is 10.6 Å². The number of rotatable bonds is 7. The zero-order valence-corrected chi connectivity index (χ0v) is 18.0. The smallest absolute Gasteiger partial charge is 0.417 e. The fraction of sp³-hybridized carbons (Fsp3) is 0.278. The van der Waals surface area contributed by atoms with Crippen molar-refractivity contribution in [3.63, 3.8) is 0 Å². The van der Waals surface area contributed by atoms with Crippen molar-refractivity contribution in [3.05, 3.63) is 52.0 Å². The van der Waals surface area contributed by atoms with Crippen molar-refractivity contribution in [2.45, 2.75) is 31.0 Å². The van der Waals surface area contributed by atoms with Crippen LogP contribution in [0.5, 0.6) is 5.75 Å². The molecule has 0 heterocycles. The zero-order valence-electron chi connectivity index (χ0n) is 15.7. The summed E-state index contributed by atoms with van der Waals surface area (Å²) in [5.41, 5.74) is -1.32. The molecule has 1 unspecified atom stereocenters. The molecule has 0 saturated heterocycles. The first kappa shape index (κ1) is 24.3. The van der Waals surface area contributed by atoms with Crippen LogP contribution in [0.2, 0.25) is 10.0 Å². The van der Waals surface area contributed by atoms with Gasteiger partial charge in [0.2, 0.25) is 15.9 Å². The van der Waals surface area contributed by atoms with Gasteiger partial charge in [-0.25, -0.2) is 8.42 Å². The van der Waals surface area contributed by atoms with Gasteiger partial charge in [0, 0.05) is 10.7 Å². The highest BCUT2D eigenvalue weighted by Crippen LogP contribution is 2.36. The number of ether oxygens (including phenoxy) is 1. The largest absolute Gasteiger partial charge is 0.492 e. The predicted molar refractivity (Wildman–Crippen MR) is 107 cm³/mol. The number of nitrogens with one attached hydrogen (secondary N) is 2. The predicted octanol–water partition coefficient (Wildman–Crippen LogP) is 4.72. The molecule has 0 saturated carbocycles. The average Bonchev–Trinajstić information content (AvgIpc) is 2.63. The second-order valence-corrected chi connectivity index (χ2v) is 8.57. The summed E-state index contributed by atoms with van der Waals surface area (Å²) in [4.78, 5) is 12.1. The van der Waals surface area contributed by atoms with E-state index in [1.165, 1.54) is 25.1 Å². The third-order valence-corrected chi connectivity index (χ3v) is 5.89. The Labute approximate surface area is 181 Å². The number of hydrogen-bond acceptors (Lipinski definition) is 4. The van der Waals surface area contributed by atoms with Gasteiger partial charge in [0.25, 0.3) is 0 Å². The lowest BCUT2D eigenvalue weighted by molar-refractivity contribution is -0.137. The fourth-order valence-electron chi connectivity index (χ4n) is 2.39. The molecular weight excluding hydrogens is 468 g/mol. The van der Waals surface area contributed by atoms with Crippen LogP contribution in [-0.4, -0.2) is 27.0 Å². The van der Waals surface area contributed by atoms with Crippen LogP contribution in [0.3, 0.4) is 0 Å². The number of halogens is 5. The molecule has 12 heteroatoms. The molecule has 2 rings (SSSR count). The molecule has 0 fully saturated rings. The van der Waals surface area contributed by atoms with Crippen LogP contribution < -0.4 is 14.8 Å². The Hall–Kier alpha value is -2.01. The zero-order chi connectivity index (χ0) is 22.7. The molecule has 0 radical (unpaired) electrons.